The first-order valence-corrected chi connectivity index (χ1v) is 12.2. The van der Waals surface area contributed by atoms with Crippen molar-refractivity contribution >= 4 is 68.1 Å². The summed E-state index contributed by atoms with van der Waals surface area (Å²) in [4.78, 5) is 12.2. The summed E-state index contributed by atoms with van der Waals surface area (Å²) in [5.74, 6) is -0.697. The highest BCUT2D eigenvalue weighted by atomic mass is 127. The fourth-order valence-corrected chi connectivity index (χ4v) is 5.40. The maximum Gasteiger partial charge on any atom is 0.274 e. The molecule has 1 N–H and O–H groups in total. The van der Waals surface area contributed by atoms with Crippen molar-refractivity contribution in [1.29, 1.82) is 5.26 Å². The van der Waals surface area contributed by atoms with Crippen LogP contribution >= 0.6 is 45.2 Å². The van der Waals surface area contributed by atoms with E-state index in [-0.39, 0.29) is 11.1 Å². The van der Waals surface area contributed by atoms with Crippen molar-refractivity contribution in [3.05, 3.63) is 108 Å². The second-order valence-electron chi connectivity index (χ2n) is 7.29. The number of fused-ring (bicyclic) bond motifs is 1. The van der Waals surface area contributed by atoms with Gasteiger partial charge in [-0.2, -0.15) is 10.4 Å². The van der Waals surface area contributed by atoms with Gasteiger partial charge in [0.1, 0.15) is 18.2 Å². The molecule has 0 fully saturated rings. The molecule has 34 heavy (non-hydrogen) atoms. The molecule has 0 bridgehead atoms. The van der Waals surface area contributed by atoms with Crippen LogP contribution in [0.3, 0.4) is 0 Å². The van der Waals surface area contributed by atoms with Crippen LogP contribution in [0.4, 0.5) is 4.39 Å². The van der Waals surface area contributed by atoms with Crippen LogP contribution in [0.5, 0.6) is 5.75 Å². The highest BCUT2D eigenvalue weighted by Gasteiger charge is 2.12. The molecule has 0 spiro atoms. The summed E-state index contributed by atoms with van der Waals surface area (Å²) >= 11 is 4.40. The van der Waals surface area contributed by atoms with E-state index in [9.17, 15) is 9.18 Å². The van der Waals surface area contributed by atoms with Gasteiger partial charge in [-0.25, -0.2) is 9.82 Å². The molecule has 0 aliphatic heterocycles. The summed E-state index contributed by atoms with van der Waals surface area (Å²) in [6, 6.07) is 23.7. The second kappa shape index (κ2) is 10.9. The van der Waals surface area contributed by atoms with Crippen molar-refractivity contribution in [1.82, 2.24) is 5.43 Å². The van der Waals surface area contributed by atoms with E-state index in [0.29, 0.717) is 6.61 Å². The van der Waals surface area contributed by atoms with E-state index in [2.05, 4.69) is 86.0 Å². The van der Waals surface area contributed by atoms with Gasteiger partial charge in [0.2, 0.25) is 0 Å². The highest BCUT2D eigenvalue weighted by Crippen LogP contribution is 2.29. The Morgan fingerprint density at radius 3 is 2.47 bits per heavy atom. The highest BCUT2D eigenvalue weighted by molar-refractivity contribution is 14.1. The summed E-state index contributed by atoms with van der Waals surface area (Å²) < 4.78 is 21.9. The number of amides is 1. The van der Waals surface area contributed by atoms with Gasteiger partial charge >= 0.3 is 0 Å². The van der Waals surface area contributed by atoms with Crippen molar-refractivity contribution in [3.63, 3.8) is 0 Å². The molecule has 0 heterocycles. The summed E-state index contributed by atoms with van der Waals surface area (Å²) in [5, 5.41) is 15.1. The van der Waals surface area contributed by atoms with Gasteiger partial charge in [-0.15, -0.1) is 0 Å². The number of nitriles is 1. The van der Waals surface area contributed by atoms with Gasteiger partial charge in [0.05, 0.1) is 30.6 Å². The number of carbonyl (C=O) groups is 1. The molecule has 1 amide bonds. The number of rotatable bonds is 6. The molecule has 0 saturated carbocycles. The topological polar surface area (TPSA) is 74.5 Å². The Kier molecular flexibility index (Phi) is 7.74. The Labute approximate surface area is 222 Å². The molecule has 4 aromatic rings. The van der Waals surface area contributed by atoms with Crippen LogP contribution < -0.4 is 10.2 Å². The zero-order valence-corrected chi connectivity index (χ0v) is 21.9. The SMILES string of the molecule is N#Cc1ccc(C(=O)N/N=C\c2cc(I)c(OCc3ccc4ccccc4c3)c(I)c2)c(F)c1. The first-order valence-electron chi connectivity index (χ1n) is 10.1. The minimum Gasteiger partial charge on any atom is -0.487 e. The summed E-state index contributed by atoms with van der Waals surface area (Å²) in [7, 11) is 0. The lowest BCUT2D eigenvalue weighted by Gasteiger charge is -2.12. The van der Waals surface area contributed by atoms with E-state index in [4.69, 9.17) is 10.00 Å². The molecule has 8 heteroatoms. The van der Waals surface area contributed by atoms with E-state index in [1.165, 1.54) is 29.1 Å². The summed E-state index contributed by atoms with van der Waals surface area (Å²) in [6.07, 6.45) is 1.48. The zero-order valence-electron chi connectivity index (χ0n) is 17.6. The molecule has 0 aliphatic rings. The van der Waals surface area contributed by atoms with Crippen molar-refractivity contribution in [2.75, 3.05) is 0 Å². The first kappa shape index (κ1) is 24.1. The van der Waals surface area contributed by atoms with Gasteiger partial charge in [0.25, 0.3) is 5.91 Å². The third-order valence-electron chi connectivity index (χ3n) is 4.94. The quantitative estimate of drug-likeness (QED) is 0.146. The lowest BCUT2D eigenvalue weighted by molar-refractivity contribution is 0.0951. The summed E-state index contributed by atoms with van der Waals surface area (Å²) in [5.41, 5.74) is 4.11. The smallest absolute Gasteiger partial charge is 0.274 e. The van der Waals surface area contributed by atoms with Gasteiger partial charge in [0.15, 0.2) is 0 Å². The van der Waals surface area contributed by atoms with Crippen molar-refractivity contribution in [2.45, 2.75) is 6.61 Å². The zero-order chi connectivity index (χ0) is 24.1. The van der Waals surface area contributed by atoms with Crippen molar-refractivity contribution in [2.24, 2.45) is 5.10 Å². The number of carbonyl (C=O) groups excluding carboxylic acids is 1. The van der Waals surface area contributed by atoms with E-state index in [1.807, 2.05) is 30.3 Å². The Balaban J connectivity index is 1.42. The van der Waals surface area contributed by atoms with E-state index < -0.39 is 11.7 Å². The van der Waals surface area contributed by atoms with E-state index in [1.54, 1.807) is 0 Å². The number of nitrogens with one attached hydrogen (secondary N) is 1. The van der Waals surface area contributed by atoms with Crippen LogP contribution in [0, 0.1) is 24.3 Å². The molecule has 0 saturated heterocycles. The fraction of sp³-hybridized carbons (Fsp3) is 0.0385. The number of hydrogen-bond acceptors (Lipinski definition) is 4. The van der Waals surface area contributed by atoms with Crippen molar-refractivity contribution in [3.8, 4) is 11.8 Å². The number of halogens is 3. The fourth-order valence-electron chi connectivity index (χ4n) is 3.27. The molecule has 4 rings (SSSR count). The monoisotopic (exact) mass is 675 g/mol. The molecular weight excluding hydrogens is 659 g/mol. The van der Waals surface area contributed by atoms with Crippen LogP contribution in [-0.4, -0.2) is 12.1 Å². The number of hydrogen-bond donors (Lipinski definition) is 1. The van der Waals surface area contributed by atoms with Crippen LogP contribution in [0.2, 0.25) is 0 Å². The van der Waals surface area contributed by atoms with Crippen molar-refractivity contribution < 1.29 is 13.9 Å². The van der Waals surface area contributed by atoms with Gasteiger partial charge in [-0.1, -0.05) is 36.4 Å². The van der Waals surface area contributed by atoms with Crippen LogP contribution in [-0.2, 0) is 6.61 Å². The van der Waals surface area contributed by atoms with Gasteiger partial charge in [0, 0.05) is 0 Å². The number of benzene rings is 4. The number of nitrogens with zero attached hydrogens (tertiary/aromatic N) is 2. The lowest BCUT2D eigenvalue weighted by atomic mass is 10.1. The van der Waals surface area contributed by atoms with E-state index >= 15 is 0 Å². The normalized spacial score (nSPS) is 10.9. The number of hydrazone groups is 1. The Hall–Kier alpha value is -3.04. The van der Waals surface area contributed by atoms with Crippen LogP contribution in [0.25, 0.3) is 10.8 Å². The lowest BCUT2D eigenvalue weighted by Crippen LogP contribution is -2.19. The van der Waals surface area contributed by atoms with Gasteiger partial charge in [-0.05, 0) is 103 Å². The number of ether oxygens (including phenoxy) is 1. The Bertz CT molecular complexity index is 1440. The minimum atomic E-state index is -0.774. The molecule has 4 aromatic carbocycles. The Morgan fingerprint density at radius 1 is 1.03 bits per heavy atom. The maximum atomic E-state index is 14.0. The van der Waals surface area contributed by atoms with Gasteiger partial charge in [-0.3, -0.25) is 4.79 Å². The molecule has 0 unspecified atom stereocenters. The summed E-state index contributed by atoms with van der Waals surface area (Å²) in [6.45, 7) is 0.441. The largest absolute Gasteiger partial charge is 0.487 e. The molecule has 168 valence electrons. The molecule has 0 aliphatic carbocycles. The standard InChI is InChI=1S/C26H16FI2N3O2/c27-22-10-16(13-30)6-8-21(22)26(33)32-31-14-18-11-23(28)25(24(29)12-18)34-15-17-5-7-19-3-1-2-4-20(19)9-17/h1-12,14H,15H2,(H,32,33)/b31-14-. The average molecular weight is 675 g/mol. The molecule has 0 aromatic heterocycles. The maximum absolute atomic E-state index is 14.0. The molecule has 0 atom stereocenters. The van der Waals surface area contributed by atoms with Crippen LogP contribution in [0.1, 0.15) is 27.0 Å². The van der Waals surface area contributed by atoms with E-state index in [0.717, 1.165) is 30.1 Å². The predicted molar refractivity (Wildman–Crippen MR) is 146 cm³/mol. The third-order valence-corrected chi connectivity index (χ3v) is 6.54. The predicted octanol–water partition coefficient (Wildman–Crippen LogP) is 6.40. The average Bonchev–Trinajstić information content (AvgIpc) is 2.83. The molecule has 0 radical (unpaired) electrons. The second-order valence-corrected chi connectivity index (χ2v) is 9.61. The Morgan fingerprint density at radius 2 is 1.76 bits per heavy atom. The molecular formula is C26H16FI2N3O2. The molecule has 5 nitrogen and oxygen atoms in total. The van der Waals surface area contributed by atoms with Crippen LogP contribution in [0.15, 0.2) is 77.9 Å². The third kappa shape index (κ3) is 5.71. The first-order chi connectivity index (χ1) is 16.4. The van der Waals surface area contributed by atoms with Gasteiger partial charge < -0.3 is 4.74 Å². The minimum absolute atomic E-state index is 0.143.